The smallest absolute Gasteiger partial charge is 0.231 e. The molecule has 5 rings (SSSR count). The summed E-state index contributed by atoms with van der Waals surface area (Å²) in [4.78, 5) is 17.5. The van der Waals surface area contributed by atoms with E-state index >= 15 is 0 Å². The third kappa shape index (κ3) is 4.49. The molecule has 0 radical (unpaired) electrons. The Kier molecular flexibility index (Phi) is 6.45. The van der Waals surface area contributed by atoms with Crippen molar-refractivity contribution in [3.8, 4) is 11.5 Å². The number of benzene rings is 3. The van der Waals surface area contributed by atoms with Crippen LogP contribution in [0, 0.1) is 0 Å². The lowest BCUT2D eigenvalue weighted by Gasteiger charge is -2.36. The van der Waals surface area contributed by atoms with Gasteiger partial charge in [-0.2, -0.15) is 0 Å². The largest absolute Gasteiger partial charge is 0.507 e. The highest BCUT2D eigenvalue weighted by molar-refractivity contribution is 6.37. The average molecular weight is 516 g/mol. The molecule has 0 spiro atoms. The molecule has 3 aromatic rings. The molecule has 0 aromatic heterocycles. The number of hydrogen-bond acceptors (Lipinski definition) is 5. The molecular formula is C26H21Cl3N2O3. The number of fused-ring (bicyclic) bond motifs is 1. The van der Waals surface area contributed by atoms with Gasteiger partial charge in [0.15, 0.2) is 5.76 Å². The molecule has 174 valence electrons. The van der Waals surface area contributed by atoms with Crippen LogP contribution in [0.2, 0.25) is 15.1 Å². The van der Waals surface area contributed by atoms with Gasteiger partial charge in [0.25, 0.3) is 0 Å². The number of phenols is 1. The van der Waals surface area contributed by atoms with Gasteiger partial charge in [-0.05, 0) is 48.5 Å². The summed E-state index contributed by atoms with van der Waals surface area (Å²) in [5.41, 5.74) is 2.62. The number of nitrogens with zero attached hydrogens (tertiary/aromatic N) is 2. The number of piperazine rings is 1. The maximum Gasteiger partial charge on any atom is 0.231 e. The Morgan fingerprint density at radius 1 is 0.941 bits per heavy atom. The molecule has 0 amide bonds. The summed E-state index contributed by atoms with van der Waals surface area (Å²) < 4.78 is 5.97. The quantitative estimate of drug-likeness (QED) is 0.414. The Hall–Kier alpha value is -2.70. The normalized spacial score (nSPS) is 17.2. The SMILES string of the molecule is O=C1/C(=C/c2c(Cl)cccc2Cl)Oc2c1ccc(O)c2CN1CCN(c2cccc(Cl)c2)CC1. The number of ether oxygens (including phenoxy) is 1. The van der Waals surface area contributed by atoms with Crippen LogP contribution in [0.5, 0.6) is 11.5 Å². The van der Waals surface area contributed by atoms with E-state index in [1.807, 2.05) is 18.2 Å². The molecule has 0 atom stereocenters. The molecule has 1 fully saturated rings. The summed E-state index contributed by atoms with van der Waals surface area (Å²) in [5, 5.41) is 12.2. The highest BCUT2D eigenvalue weighted by Crippen LogP contribution is 2.41. The number of phenolic OH excluding ortho intramolecular Hbond substituents is 1. The summed E-state index contributed by atoms with van der Waals surface area (Å²) in [6, 6.07) is 16.1. The van der Waals surface area contributed by atoms with E-state index in [1.54, 1.807) is 36.4 Å². The number of carbonyl (C=O) groups excluding carboxylic acids is 1. The van der Waals surface area contributed by atoms with E-state index < -0.39 is 0 Å². The lowest BCUT2D eigenvalue weighted by atomic mass is 10.0. The van der Waals surface area contributed by atoms with Crippen LogP contribution in [0.3, 0.4) is 0 Å². The second kappa shape index (κ2) is 9.51. The number of rotatable bonds is 4. The van der Waals surface area contributed by atoms with Gasteiger partial charge in [-0.15, -0.1) is 0 Å². The minimum atomic E-state index is -0.266. The van der Waals surface area contributed by atoms with Gasteiger partial charge in [0.1, 0.15) is 11.5 Å². The Morgan fingerprint density at radius 2 is 1.65 bits per heavy atom. The van der Waals surface area contributed by atoms with E-state index in [0.717, 1.165) is 31.9 Å². The van der Waals surface area contributed by atoms with Gasteiger partial charge in [0, 0.05) is 59.0 Å². The van der Waals surface area contributed by atoms with E-state index in [9.17, 15) is 9.90 Å². The maximum atomic E-state index is 13.0. The van der Waals surface area contributed by atoms with Crippen molar-refractivity contribution in [3.05, 3.63) is 92.1 Å². The summed E-state index contributed by atoms with van der Waals surface area (Å²) in [7, 11) is 0. The van der Waals surface area contributed by atoms with Crippen molar-refractivity contribution in [2.24, 2.45) is 0 Å². The first-order chi connectivity index (χ1) is 16.4. The molecule has 0 unspecified atom stereocenters. The number of allylic oxidation sites excluding steroid dienone is 1. The molecule has 34 heavy (non-hydrogen) atoms. The van der Waals surface area contributed by atoms with Crippen LogP contribution in [0.4, 0.5) is 5.69 Å². The minimum absolute atomic E-state index is 0.0980. The van der Waals surface area contributed by atoms with Crippen molar-refractivity contribution in [2.75, 3.05) is 31.1 Å². The van der Waals surface area contributed by atoms with Crippen LogP contribution in [-0.4, -0.2) is 42.0 Å². The van der Waals surface area contributed by atoms with Gasteiger partial charge in [-0.25, -0.2) is 0 Å². The first-order valence-electron chi connectivity index (χ1n) is 10.9. The summed E-state index contributed by atoms with van der Waals surface area (Å²) >= 11 is 18.7. The first-order valence-corrected chi connectivity index (χ1v) is 12.0. The third-order valence-corrected chi connectivity index (χ3v) is 7.01. The Labute approximate surface area is 212 Å². The number of aromatic hydroxyl groups is 1. The zero-order chi connectivity index (χ0) is 23.8. The molecule has 2 aliphatic rings. The number of anilines is 1. The molecule has 0 aliphatic carbocycles. The van der Waals surface area contributed by atoms with E-state index in [1.165, 1.54) is 0 Å². The van der Waals surface area contributed by atoms with Crippen LogP contribution in [-0.2, 0) is 6.54 Å². The molecule has 1 N–H and O–H groups in total. The maximum absolute atomic E-state index is 13.0. The minimum Gasteiger partial charge on any atom is -0.507 e. The fraction of sp³-hybridized carbons (Fsp3) is 0.192. The van der Waals surface area contributed by atoms with E-state index in [0.29, 0.717) is 44.1 Å². The van der Waals surface area contributed by atoms with E-state index in [4.69, 9.17) is 39.5 Å². The van der Waals surface area contributed by atoms with Crippen LogP contribution in [0.25, 0.3) is 6.08 Å². The number of carbonyl (C=O) groups is 1. The highest BCUT2D eigenvalue weighted by Gasteiger charge is 2.32. The molecule has 3 aromatic carbocycles. The third-order valence-electron chi connectivity index (χ3n) is 6.12. The van der Waals surface area contributed by atoms with Crippen LogP contribution in [0.1, 0.15) is 21.5 Å². The summed E-state index contributed by atoms with van der Waals surface area (Å²) in [6.07, 6.45) is 1.55. The molecule has 1 saturated heterocycles. The molecule has 0 bridgehead atoms. The predicted molar refractivity (Wildman–Crippen MR) is 136 cm³/mol. The molecule has 2 heterocycles. The molecule has 2 aliphatic heterocycles. The van der Waals surface area contributed by atoms with Gasteiger partial charge < -0.3 is 14.7 Å². The summed E-state index contributed by atoms with van der Waals surface area (Å²) in [5.74, 6) is 0.346. The average Bonchev–Trinajstić information content (AvgIpc) is 3.14. The van der Waals surface area contributed by atoms with Crippen molar-refractivity contribution in [2.45, 2.75) is 6.54 Å². The lowest BCUT2D eigenvalue weighted by Crippen LogP contribution is -2.46. The van der Waals surface area contributed by atoms with Crippen LogP contribution < -0.4 is 9.64 Å². The number of Topliss-reactive ketones (excluding diaryl/α,β-unsaturated/α-hetero) is 1. The molecule has 5 nitrogen and oxygen atoms in total. The van der Waals surface area contributed by atoms with Gasteiger partial charge in [-0.1, -0.05) is 46.9 Å². The van der Waals surface area contributed by atoms with Crippen molar-refractivity contribution >= 4 is 52.3 Å². The van der Waals surface area contributed by atoms with Crippen LogP contribution >= 0.6 is 34.8 Å². The predicted octanol–water partition coefficient (Wildman–Crippen LogP) is 6.29. The number of halogens is 3. The van der Waals surface area contributed by atoms with Crippen molar-refractivity contribution in [3.63, 3.8) is 0 Å². The number of hydrogen-bond donors (Lipinski definition) is 1. The van der Waals surface area contributed by atoms with Gasteiger partial charge >= 0.3 is 0 Å². The standard InChI is InChI=1S/C26H21Cl3N2O3/c27-16-3-1-4-17(13-16)31-11-9-30(10-12-31)15-20-23(32)8-7-18-25(33)24(34-26(18)20)14-19-21(28)5-2-6-22(19)29/h1-8,13-14,32H,9-12,15H2/b24-14-. The Bertz CT molecular complexity index is 1280. The van der Waals surface area contributed by atoms with Crippen molar-refractivity contribution in [1.82, 2.24) is 4.90 Å². The first kappa shape index (κ1) is 23.1. The van der Waals surface area contributed by atoms with Gasteiger partial charge in [0.2, 0.25) is 5.78 Å². The van der Waals surface area contributed by atoms with Gasteiger partial charge in [-0.3, -0.25) is 9.69 Å². The van der Waals surface area contributed by atoms with E-state index in [-0.39, 0.29) is 17.3 Å². The molecular weight excluding hydrogens is 495 g/mol. The highest BCUT2D eigenvalue weighted by atomic mass is 35.5. The van der Waals surface area contributed by atoms with E-state index in [2.05, 4.69) is 15.9 Å². The monoisotopic (exact) mass is 514 g/mol. The fourth-order valence-corrected chi connectivity index (χ4v) is 4.98. The number of ketones is 1. The molecule has 8 heteroatoms. The second-order valence-corrected chi connectivity index (χ2v) is 9.51. The van der Waals surface area contributed by atoms with Gasteiger partial charge in [0.05, 0.1) is 11.1 Å². The fourth-order valence-electron chi connectivity index (χ4n) is 4.29. The Morgan fingerprint density at radius 3 is 2.35 bits per heavy atom. The topological polar surface area (TPSA) is 53.0 Å². The summed E-state index contributed by atoms with van der Waals surface area (Å²) in [6.45, 7) is 3.70. The lowest BCUT2D eigenvalue weighted by molar-refractivity contribution is 0.101. The molecule has 0 saturated carbocycles. The zero-order valence-electron chi connectivity index (χ0n) is 18.1. The Balaban J connectivity index is 1.35. The second-order valence-electron chi connectivity index (χ2n) is 8.26. The van der Waals surface area contributed by atoms with Crippen LogP contribution in [0.15, 0.2) is 60.4 Å². The zero-order valence-corrected chi connectivity index (χ0v) is 20.4. The van der Waals surface area contributed by atoms with Crippen molar-refractivity contribution < 1.29 is 14.6 Å². The van der Waals surface area contributed by atoms with Crippen molar-refractivity contribution in [1.29, 1.82) is 0 Å².